The van der Waals surface area contributed by atoms with Gasteiger partial charge in [-0.05, 0) is 24.9 Å². The van der Waals surface area contributed by atoms with Crippen LogP contribution in [0, 0.1) is 5.92 Å². The SMILES string of the molecule is CCC(C(NC)c1ccccc1)N(CCOC)CC(C)C. The maximum atomic E-state index is 5.31. The summed E-state index contributed by atoms with van der Waals surface area (Å²) in [5.41, 5.74) is 1.36. The van der Waals surface area contributed by atoms with Gasteiger partial charge in [-0.15, -0.1) is 0 Å². The lowest BCUT2D eigenvalue weighted by Gasteiger charge is -2.37. The number of likely N-dealkylation sites (N-methyl/N-ethyl adjacent to an activating group) is 1. The standard InChI is InChI=1S/C18H32N2O/c1-6-17(20(12-13-21-5)14-15(2)3)18(19-4)16-10-8-7-9-11-16/h7-11,15,17-19H,6,12-14H2,1-5H3. The zero-order chi connectivity index (χ0) is 15.7. The van der Waals surface area contributed by atoms with Crippen LogP contribution in [0.25, 0.3) is 0 Å². The highest BCUT2D eigenvalue weighted by Gasteiger charge is 2.26. The minimum Gasteiger partial charge on any atom is -0.383 e. The summed E-state index contributed by atoms with van der Waals surface area (Å²) in [4.78, 5) is 2.57. The van der Waals surface area contributed by atoms with E-state index in [1.54, 1.807) is 7.11 Å². The number of ether oxygens (including phenoxy) is 1. The molecule has 0 bridgehead atoms. The van der Waals surface area contributed by atoms with E-state index in [0.29, 0.717) is 18.0 Å². The lowest BCUT2D eigenvalue weighted by molar-refractivity contribution is 0.0910. The molecule has 0 spiro atoms. The van der Waals surface area contributed by atoms with Gasteiger partial charge in [0.05, 0.1) is 6.61 Å². The van der Waals surface area contributed by atoms with E-state index in [-0.39, 0.29) is 0 Å². The Bertz CT molecular complexity index is 367. The number of hydrogen-bond donors (Lipinski definition) is 1. The van der Waals surface area contributed by atoms with Crippen molar-refractivity contribution in [2.75, 3.05) is 33.9 Å². The van der Waals surface area contributed by atoms with E-state index in [2.05, 4.69) is 68.4 Å². The predicted octanol–water partition coefficient (Wildman–Crippen LogP) is 3.33. The number of benzene rings is 1. The molecule has 1 aromatic carbocycles. The summed E-state index contributed by atoms with van der Waals surface area (Å²) in [7, 11) is 3.84. The third kappa shape index (κ3) is 5.77. The summed E-state index contributed by atoms with van der Waals surface area (Å²) in [5, 5.41) is 3.52. The molecule has 0 radical (unpaired) electrons. The third-order valence-electron chi connectivity index (χ3n) is 3.92. The third-order valence-corrected chi connectivity index (χ3v) is 3.92. The summed E-state index contributed by atoms with van der Waals surface area (Å²) in [6.45, 7) is 9.71. The zero-order valence-electron chi connectivity index (χ0n) is 14.3. The maximum absolute atomic E-state index is 5.31. The molecule has 0 heterocycles. The van der Waals surface area contributed by atoms with Gasteiger partial charge < -0.3 is 10.1 Å². The molecule has 3 nitrogen and oxygen atoms in total. The molecule has 1 N–H and O–H groups in total. The number of methoxy groups -OCH3 is 1. The van der Waals surface area contributed by atoms with Crippen LogP contribution in [0.1, 0.15) is 38.8 Å². The zero-order valence-corrected chi connectivity index (χ0v) is 14.3. The van der Waals surface area contributed by atoms with Crippen LogP contribution in [0.2, 0.25) is 0 Å². The highest BCUT2D eigenvalue weighted by molar-refractivity contribution is 5.20. The monoisotopic (exact) mass is 292 g/mol. The molecule has 2 atom stereocenters. The lowest BCUT2D eigenvalue weighted by atomic mass is 9.95. The molecule has 1 rings (SSSR count). The highest BCUT2D eigenvalue weighted by Crippen LogP contribution is 2.24. The van der Waals surface area contributed by atoms with Gasteiger partial charge in [0.15, 0.2) is 0 Å². The summed E-state index contributed by atoms with van der Waals surface area (Å²) in [6, 6.07) is 11.6. The minimum absolute atomic E-state index is 0.354. The fourth-order valence-electron chi connectivity index (χ4n) is 3.02. The van der Waals surface area contributed by atoms with Crippen molar-refractivity contribution < 1.29 is 4.74 Å². The van der Waals surface area contributed by atoms with Crippen LogP contribution in [0.5, 0.6) is 0 Å². The van der Waals surface area contributed by atoms with Crippen molar-refractivity contribution in [3.63, 3.8) is 0 Å². The Morgan fingerprint density at radius 2 is 1.86 bits per heavy atom. The predicted molar refractivity (Wildman–Crippen MR) is 90.6 cm³/mol. The number of nitrogens with one attached hydrogen (secondary N) is 1. The van der Waals surface area contributed by atoms with E-state index in [0.717, 1.165) is 26.1 Å². The molecular formula is C18H32N2O. The van der Waals surface area contributed by atoms with Crippen LogP contribution in [0.15, 0.2) is 30.3 Å². The van der Waals surface area contributed by atoms with Gasteiger partial charge in [-0.2, -0.15) is 0 Å². The van der Waals surface area contributed by atoms with Crippen LogP contribution in [-0.4, -0.2) is 44.8 Å². The maximum Gasteiger partial charge on any atom is 0.0589 e. The molecule has 120 valence electrons. The first-order chi connectivity index (χ1) is 10.1. The second-order valence-electron chi connectivity index (χ2n) is 6.03. The van der Waals surface area contributed by atoms with E-state index < -0.39 is 0 Å². The molecule has 0 aliphatic heterocycles. The molecule has 0 aliphatic carbocycles. The average molecular weight is 292 g/mol. The second-order valence-corrected chi connectivity index (χ2v) is 6.03. The van der Waals surface area contributed by atoms with E-state index in [1.807, 2.05) is 0 Å². The van der Waals surface area contributed by atoms with Crippen LogP contribution < -0.4 is 5.32 Å². The Balaban J connectivity index is 2.92. The van der Waals surface area contributed by atoms with E-state index in [1.165, 1.54) is 5.56 Å². The number of nitrogens with zero attached hydrogens (tertiary/aromatic N) is 1. The summed E-state index contributed by atoms with van der Waals surface area (Å²) < 4.78 is 5.31. The summed E-state index contributed by atoms with van der Waals surface area (Å²) >= 11 is 0. The van der Waals surface area contributed by atoms with Gasteiger partial charge in [0.1, 0.15) is 0 Å². The first-order valence-corrected chi connectivity index (χ1v) is 8.09. The smallest absolute Gasteiger partial charge is 0.0589 e. The molecule has 0 saturated heterocycles. The molecule has 21 heavy (non-hydrogen) atoms. The topological polar surface area (TPSA) is 24.5 Å². The van der Waals surface area contributed by atoms with Crippen molar-refractivity contribution in [3.8, 4) is 0 Å². The number of hydrogen-bond acceptors (Lipinski definition) is 3. The minimum atomic E-state index is 0.354. The van der Waals surface area contributed by atoms with Gasteiger partial charge in [-0.1, -0.05) is 51.1 Å². The van der Waals surface area contributed by atoms with Crippen LogP contribution in [0.4, 0.5) is 0 Å². The Labute approximate surface area is 130 Å². The first-order valence-electron chi connectivity index (χ1n) is 8.09. The van der Waals surface area contributed by atoms with Crippen molar-refractivity contribution in [3.05, 3.63) is 35.9 Å². The normalized spacial score (nSPS) is 14.6. The van der Waals surface area contributed by atoms with E-state index in [9.17, 15) is 0 Å². The van der Waals surface area contributed by atoms with Crippen molar-refractivity contribution in [1.29, 1.82) is 0 Å². The molecule has 0 aromatic heterocycles. The van der Waals surface area contributed by atoms with Crippen molar-refractivity contribution in [2.24, 2.45) is 5.92 Å². The lowest BCUT2D eigenvalue weighted by Crippen LogP contribution is -2.46. The summed E-state index contributed by atoms with van der Waals surface area (Å²) in [6.07, 6.45) is 1.12. The second kappa shape index (κ2) is 9.93. The molecule has 2 unspecified atom stereocenters. The molecule has 0 fully saturated rings. The van der Waals surface area contributed by atoms with Crippen molar-refractivity contribution >= 4 is 0 Å². The highest BCUT2D eigenvalue weighted by atomic mass is 16.5. The molecule has 1 aromatic rings. The molecule has 0 aliphatic rings. The van der Waals surface area contributed by atoms with Crippen molar-refractivity contribution in [1.82, 2.24) is 10.2 Å². The summed E-state index contributed by atoms with van der Waals surface area (Å²) in [5.74, 6) is 0.657. The molecule has 0 saturated carbocycles. The van der Waals surface area contributed by atoms with Gasteiger partial charge in [-0.25, -0.2) is 0 Å². The Kier molecular flexibility index (Phi) is 8.58. The van der Waals surface area contributed by atoms with Crippen molar-refractivity contribution in [2.45, 2.75) is 39.3 Å². The van der Waals surface area contributed by atoms with Crippen LogP contribution in [0.3, 0.4) is 0 Å². The number of rotatable bonds is 10. The largest absolute Gasteiger partial charge is 0.383 e. The Hall–Kier alpha value is -0.900. The van der Waals surface area contributed by atoms with Gasteiger partial charge in [0.25, 0.3) is 0 Å². The van der Waals surface area contributed by atoms with Gasteiger partial charge in [0.2, 0.25) is 0 Å². The van der Waals surface area contributed by atoms with Crippen LogP contribution >= 0.6 is 0 Å². The fourth-order valence-corrected chi connectivity index (χ4v) is 3.02. The molecule has 3 heteroatoms. The first kappa shape index (κ1) is 18.1. The fraction of sp³-hybridized carbons (Fsp3) is 0.667. The Morgan fingerprint density at radius 1 is 1.19 bits per heavy atom. The van der Waals surface area contributed by atoms with Gasteiger partial charge in [0, 0.05) is 32.3 Å². The van der Waals surface area contributed by atoms with E-state index in [4.69, 9.17) is 4.74 Å². The average Bonchev–Trinajstić information content (AvgIpc) is 2.49. The van der Waals surface area contributed by atoms with Gasteiger partial charge in [-0.3, -0.25) is 4.90 Å². The Morgan fingerprint density at radius 3 is 2.33 bits per heavy atom. The van der Waals surface area contributed by atoms with Crippen LogP contribution in [-0.2, 0) is 4.74 Å². The molecular weight excluding hydrogens is 260 g/mol. The van der Waals surface area contributed by atoms with E-state index >= 15 is 0 Å². The molecule has 0 amide bonds. The quantitative estimate of drug-likeness (QED) is 0.716. The van der Waals surface area contributed by atoms with Gasteiger partial charge >= 0.3 is 0 Å².